The fourth-order valence-corrected chi connectivity index (χ4v) is 1.96. The lowest BCUT2D eigenvalue weighted by atomic mass is 10.1. The molecule has 0 aliphatic rings. The van der Waals surface area contributed by atoms with Crippen molar-refractivity contribution in [3.05, 3.63) is 35.9 Å². The number of hydrogen-bond acceptors (Lipinski definition) is 6. The van der Waals surface area contributed by atoms with E-state index in [1.807, 2.05) is 12.1 Å². The minimum Gasteiger partial charge on any atom is -0.493 e. The van der Waals surface area contributed by atoms with E-state index < -0.39 is 6.09 Å². The van der Waals surface area contributed by atoms with Crippen LogP contribution in [0.4, 0.5) is 4.79 Å². The highest BCUT2D eigenvalue weighted by molar-refractivity contribution is 5.67. The zero-order valence-electron chi connectivity index (χ0n) is 12.8. The summed E-state index contributed by atoms with van der Waals surface area (Å²) in [4.78, 5) is 16.4. The molecule has 8 nitrogen and oxygen atoms in total. The molecule has 0 atom stereocenters. The quantitative estimate of drug-likeness (QED) is 0.741. The highest BCUT2D eigenvalue weighted by Crippen LogP contribution is 2.27. The molecular formula is C15H18N2O6. The van der Waals surface area contributed by atoms with Gasteiger partial charge in [-0.25, -0.2) is 4.79 Å². The van der Waals surface area contributed by atoms with E-state index in [0.717, 1.165) is 5.56 Å². The molecule has 124 valence electrons. The second kappa shape index (κ2) is 7.30. The van der Waals surface area contributed by atoms with Gasteiger partial charge in [0.15, 0.2) is 11.5 Å². The first-order valence-corrected chi connectivity index (χ1v) is 6.82. The van der Waals surface area contributed by atoms with Gasteiger partial charge in [-0.3, -0.25) is 0 Å². The highest BCUT2D eigenvalue weighted by Gasteiger charge is 2.11. The molecule has 0 unspecified atom stereocenters. The molecule has 8 heteroatoms. The van der Waals surface area contributed by atoms with Gasteiger partial charge in [-0.1, -0.05) is 6.07 Å². The van der Waals surface area contributed by atoms with Crippen LogP contribution in [0.3, 0.4) is 0 Å². The largest absolute Gasteiger partial charge is 0.493 e. The smallest absolute Gasteiger partial charge is 0.432 e. The predicted molar refractivity (Wildman–Crippen MR) is 81.0 cm³/mol. The minimum absolute atomic E-state index is 0.303. The summed E-state index contributed by atoms with van der Waals surface area (Å²) < 4.78 is 11.0. The Balaban J connectivity index is 1.86. The zero-order valence-corrected chi connectivity index (χ0v) is 12.8. The van der Waals surface area contributed by atoms with E-state index in [-0.39, 0.29) is 11.8 Å². The topological polar surface area (TPSA) is 102 Å². The molecule has 1 amide bonds. The van der Waals surface area contributed by atoms with Crippen LogP contribution in [0, 0.1) is 0 Å². The predicted octanol–water partition coefficient (Wildman–Crippen LogP) is 1.30. The van der Waals surface area contributed by atoms with Crippen molar-refractivity contribution < 1.29 is 29.3 Å². The summed E-state index contributed by atoms with van der Waals surface area (Å²) in [6, 6.07) is 7.86. The molecule has 0 saturated heterocycles. The number of aromatic nitrogens is 1. The van der Waals surface area contributed by atoms with E-state index in [2.05, 4.69) is 5.32 Å². The van der Waals surface area contributed by atoms with Crippen LogP contribution in [0.5, 0.6) is 23.3 Å². The van der Waals surface area contributed by atoms with Gasteiger partial charge >= 0.3 is 6.09 Å². The van der Waals surface area contributed by atoms with Crippen molar-refractivity contribution in [1.82, 2.24) is 10.0 Å². The van der Waals surface area contributed by atoms with Crippen molar-refractivity contribution in [3.8, 4) is 23.3 Å². The third-order valence-corrected chi connectivity index (χ3v) is 3.10. The monoisotopic (exact) mass is 322 g/mol. The Morgan fingerprint density at radius 2 is 1.74 bits per heavy atom. The SMILES string of the molecule is COc1ccc(CCNC(=O)On2c(O)ccc2O)cc1OC. The molecule has 2 aromatic rings. The number of methoxy groups -OCH3 is 2. The molecule has 0 bridgehead atoms. The lowest BCUT2D eigenvalue weighted by Gasteiger charge is -2.10. The van der Waals surface area contributed by atoms with Crippen molar-refractivity contribution in [2.75, 3.05) is 20.8 Å². The number of nitrogens with zero attached hydrogens (tertiary/aromatic N) is 1. The maximum Gasteiger partial charge on any atom is 0.432 e. The third kappa shape index (κ3) is 4.00. The number of nitrogens with one attached hydrogen (secondary N) is 1. The average Bonchev–Trinajstić information content (AvgIpc) is 2.86. The molecule has 1 heterocycles. The molecular weight excluding hydrogens is 304 g/mol. The van der Waals surface area contributed by atoms with Gasteiger partial charge in [-0.15, -0.1) is 4.73 Å². The van der Waals surface area contributed by atoms with Crippen LogP contribution in [-0.4, -0.2) is 41.8 Å². The van der Waals surface area contributed by atoms with Crippen LogP contribution in [-0.2, 0) is 6.42 Å². The first-order valence-electron chi connectivity index (χ1n) is 6.82. The lowest BCUT2D eigenvalue weighted by molar-refractivity contribution is 0.108. The van der Waals surface area contributed by atoms with Crippen molar-refractivity contribution >= 4 is 6.09 Å². The number of hydrogen-bond donors (Lipinski definition) is 3. The number of benzene rings is 1. The molecule has 0 radical (unpaired) electrons. The maximum atomic E-state index is 11.6. The summed E-state index contributed by atoms with van der Waals surface area (Å²) in [6.07, 6.45) is -0.258. The molecule has 3 N–H and O–H groups in total. The van der Waals surface area contributed by atoms with Crippen molar-refractivity contribution in [2.24, 2.45) is 0 Å². The highest BCUT2D eigenvalue weighted by atomic mass is 16.7. The molecule has 1 aromatic heterocycles. The van der Waals surface area contributed by atoms with Crippen molar-refractivity contribution in [1.29, 1.82) is 0 Å². The van der Waals surface area contributed by atoms with Crippen LogP contribution in [0.25, 0.3) is 0 Å². The van der Waals surface area contributed by atoms with Gasteiger partial charge in [0.1, 0.15) is 0 Å². The van der Waals surface area contributed by atoms with E-state index in [9.17, 15) is 15.0 Å². The second-order valence-corrected chi connectivity index (χ2v) is 4.59. The van der Waals surface area contributed by atoms with Gasteiger partial charge in [0.25, 0.3) is 0 Å². The number of rotatable bonds is 6. The Morgan fingerprint density at radius 1 is 1.09 bits per heavy atom. The summed E-state index contributed by atoms with van der Waals surface area (Å²) in [6.45, 7) is 0.303. The van der Waals surface area contributed by atoms with Crippen LogP contribution in [0.1, 0.15) is 5.56 Å². The van der Waals surface area contributed by atoms with Gasteiger partial charge in [0.05, 0.1) is 14.2 Å². The molecule has 0 spiro atoms. The summed E-state index contributed by atoms with van der Waals surface area (Å²) in [5.41, 5.74) is 0.939. The summed E-state index contributed by atoms with van der Waals surface area (Å²) in [7, 11) is 3.11. The van der Waals surface area contributed by atoms with E-state index in [0.29, 0.717) is 29.2 Å². The van der Waals surface area contributed by atoms with Crippen molar-refractivity contribution in [2.45, 2.75) is 6.42 Å². The number of amides is 1. The van der Waals surface area contributed by atoms with E-state index in [1.165, 1.54) is 12.1 Å². The minimum atomic E-state index is -0.799. The Hall–Kier alpha value is -3.03. The van der Waals surface area contributed by atoms with Gasteiger partial charge in [-0.2, -0.15) is 0 Å². The van der Waals surface area contributed by atoms with E-state index in [4.69, 9.17) is 14.3 Å². The number of ether oxygens (including phenoxy) is 2. The van der Waals surface area contributed by atoms with Crippen LogP contribution in [0.2, 0.25) is 0 Å². The molecule has 0 fully saturated rings. The summed E-state index contributed by atoms with van der Waals surface area (Å²) in [5.74, 6) is 0.479. The molecule has 1 aromatic carbocycles. The lowest BCUT2D eigenvalue weighted by Crippen LogP contribution is -2.33. The van der Waals surface area contributed by atoms with Gasteiger partial charge in [-0.05, 0) is 24.1 Å². The number of aromatic hydroxyl groups is 2. The van der Waals surface area contributed by atoms with Gasteiger partial charge in [0, 0.05) is 18.7 Å². The molecule has 0 aliphatic carbocycles. The van der Waals surface area contributed by atoms with Crippen LogP contribution in [0.15, 0.2) is 30.3 Å². The van der Waals surface area contributed by atoms with Crippen LogP contribution >= 0.6 is 0 Å². The fraction of sp³-hybridized carbons (Fsp3) is 0.267. The van der Waals surface area contributed by atoms with Crippen LogP contribution < -0.4 is 19.6 Å². The standard InChI is InChI=1S/C15H18N2O6/c1-21-11-4-3-10(9-12(11)22-2)7-8-16-15(20)23-17-13(18)5-6-14(17)19/h3-6,9,18-19H,7-8H2,1-2H3,(H,16,20). The Kier molecular flexibility index (Phi) is 5.19. The normalized spacial score (nSPS) is 10.2. The van der Waals surface area contributed by atoms with Gasteiger partial charge in [0.2, 0.25) is 11.8 Å². The summed E-state index contributed by atoms with van der Waals surface area (Å²) in [5, 5.41) is 21.2. The van der Waals surface area contributed by atoms with E-state index >= 15 is 0 Å². The zero-order chi connectivity index (χ0) is 16.8. The average molecular weight is 322 g/mol. The molecule has 0 aliphatic heterocycles. The Morgan fingerprint density at radius 3 is 2.35 bits per heavy atom. The summed E-state index contributed by atoms with van der Waals surface area (Å²) >= 11 is 0. The number of carbonyl (C=O) groups is 1. The first-order chi connectivity index (χ1) is 11.0. The van der Waals surface area contributed by atoms with Crippen molar-refractivity contribution in [3.63, 3.8) is 0 Å². The second-order valence-electron chi connectivity index (χ2n) is 4.59. The first kappa shape index (κ1) is 16.3. The molecule has 2 rings (SSSR count). The molecule has 23 heavy (non-hydrogen) atoms. The van der Waals surface area contributed by atoms with Gasteiger partial charge < -0.3 is 29.8 Å². The maximum absolute atomic E-state index is 11.6. The van der Waals surface area contributed by atoms with E-state index in [1.54, 1.807) is 20.3 Å². The Labute approximate surface area is 132 Å². The third-order valence-electron chi connectivity index (χ3n) is 3.10. The Bertz CT molecular complexity index is 663. The fourth-order valence-electron chi connectivity index (χ4n) is 1.96. The number of carbonyl (C=O) groups excluding carboxylic acids is 1. The molecule has 0 saturated carbocycles.